The van der Waals surface area contributed by atoms with Gasteiger partial charge in [-0.3, -0.25) is 4.79 Å². The molecule has 16 heavy (non-hydrogen) atoms. The molecular weight excluding hydrogens is 272 g/mol. The number of aliphatic carboxylic acids is 1. The lowest BCUT2D eigenvalue weighted by Crippen LogP contribution is -2.23. The fourth-order valence-corrected chi connectivity index (χ4v) is 2.52. The van der Waals surface area contributed by atoms with E-state index in [0.29, 0.717) is 19.3 Å². The Morgan fingerprint density at radius 2 is 2.00 bits per heavy atom. The van der Waals surface area contributed by atoms with Crippen molar-refractivity contribution in [2.75, 3.05) is 0 Å². The SMILES string of the molecule is O=C(O)C1CC[C@@](O)(c2ccc(Br)cc2)C1. The van der Waals surface area contributed by atoms with Crippen LogP contribution in [-0.2, 0) is 10.4 Å². The molecule has 0 bridgehead atoms. The second-order valence-corrected chi connectivity index (χ2v) is 5.23. The predicted octanol–water partition coefficient (Wildman–Crippen LogP) is 2.52. The quantitative estimate of drug-likeness (QED) is 0.877. The summed E-state index contributed by atoms with van der Waals surface area (Å²) in [6.45, 7) is 0. The Kier molecular flexibility index (Phi) is 3.04. The first-order chi connectivity index (χ1) is 7.51. The van der Waals surface area contributed by atoms with E-state index in [4.69, 9.17) is 5.11 Å². The number of carboxylic acid groups (broad SMARTS) is 1. The van der Waals surface area contributed by atoms with Crippen LogP contribution in [-0.4, -0.2) is 16.2 Å². The maximum Gasteiger partial charge on any atom is 0.306 e. The Balaban J connectivity index is 2.21. The van der Waals surface area contributed by atoms with Crippen LogP contribution in [0.15, 0.2) is 28.7 Å². The smallest absolute Gasteiger partial charge is 0.306 e. The van der Waals surface area contributed by atoms with Gasteiger partial charge in [0.2, 0.25) is 0 Å². The third kappa shape index (κ3) is 2.13. The van der Waals surface area contributed by atoms with E-state index in [1.54, 1.807) is 0 Å². The molecule has 0 aliphatic heterocycles. The Labute approximate surface area is 102 Å². The lowest BCUT2D eigenvalue weighted by atomic mass is 9.91. The van der Waals surface area contributed by atoms with Gasteiger partial charge in [-0.25, -0.2) is 0 Å². The zero-order chi connectivity index (χ0) is 11.8. The standard InChI is InChI=1S/C12H13BrO3/c13-10-3-1-9(2-4-10)12(16)6-5-8(7-12)11(14)15/h1-4,8,16H,5-7H2,(H,14,15)/t8?,12-/m0/s1. The van der Waals surface area contributed by atoms with Gasteiger partial charge in [-0.1, -0.05) is 28.1 Å². The van der Waals surface area contributed by atoms with E-state index in [1.165, 1.54) is 0 Å². The largest absolute Gasteiger partial charge is 0.481 e. The van der Waals surface area contributed by atoms with Gasteiger partial charge in [-0.05, 0) is 37.0 Å². The van der Waals surface area contributed by atoms with Crippen molar-refractivity contribution in [1.29, 1.82) is 0 Å². The van der Waals surface area contributed by atoms with Crippen LogP contribution in [0.3, 0.4) is 0 Å². The van der Waals surface area contributed by atoms with E-state index < -0.39 is 17.5 Å². The van der Waals surface area contributed by atoms with Gasteiger partial charge in [0.05, 0.1) is 11.5 Å². The first-order valence-corrected chi connectivity index (χ1v) is 6.02. The number of aliphatic hydroxyl groups is 1. The molecule has 2 rings (SSSR count). The van der Waals surface area contributed by atoms with Crippen LogP contribution in [0.2, 0.25) is 0 Å². The number of rotatable bonds is 2. The highest BCUT2D eigenvalue weighted by Gasteiger charge is 2.41. The first kappa shape index (κ1) is 11.6. The van der Waals surface area contributed by atoms with Crippen molar-refractivity contribution in [2.24, 2.45) is 5.92 Å². The van der Waals surface area contributed by atoms with E-state index in [0.717, 1.165) is 10.0 Å². The van der Waals surface area contributed by atoms with Crippen molar-refractivity contribution in [3.05, 3.63) is 34.3 Å². The van der Waals surface area contributed by atoms with Gasteiger partial charge >= 0.3 is 5.97 Å². The molecule has 1 aromatic carbocycles. The third-order valence-corrected chi connectivity index (χ3v) is 3.75. The number of carboxylic acids is 1. The van der Waals surface area contributed by atoms with Crippen molar-refractivity contribution < 1.29 is 15.0 Å². The summed E-state index contributed by atoms with van der Waals surface area (Å²) < 4.78 is 0.952. The third-order valence-electron chi connectivity index (χ3n) is 3.22. The number of hydrogen-bond donors (Lipinski definition) is 2. The summed E-state index contributed by atoms with van der Waals surface area (Å²) in [6.07, 6.45) is 1.37. The summed E-state index contributed by atoms with van der Waals surface area (Å²) in [6, 6.07) is 7.41. The minimum absolute atomic E-state index is 0.309. The normalized spacial score (nSPS) is 29.2. The summed E-state index contributed by atoms with van der Waals surface area (Å²) in [5.41, 5.74) is -0.163. The molecule has 2 N–H and O–H groups in total. The van der Waals surface area contributed by atoms with E-state index in [1.807, 2.05) is 24.3 Å². The van der Waals surface area contributed by atoms with Crippen molar-refractivity contribution in [2.45, 2.75) is 24.9 Å². The maximum atomic E-state index is 10.9. The Hall–Kier alpha value is -0.870. The molecule has 0 radical (unpaired) electrons. The van der Waals surface area contributed by atoms with Crippen LogP contribution in [0, 0.1) is 5.92 Å². The highest BCUT2D eigenvalue weighted by molar-refractivity contribution is 9.10. The van der Waals surface area contributed by atoms with Crippen LogP contribution in [0.4, 0.5) is 0 Å². The van der Waals surface area contributed by atoms with E-state index in [2.05, 4.69) is 15.9 Å². The van der Waals surface area contributed by atoms with Gasteiger partial charge in [0, 0.05) is 4.47 Å². The van der Waals surface area contributed by atoms with Crippen molar-refractivity contribution in [3.63, 3.8) is 0 Å². The Morgan fingerprint density at radius 1 is 1.38 bits per heavy atom. The first-order valence-electron chi connectivity index (χ1n) is 5.22. The molecule has 1 unspecified atom stereocenters. The van der Waals surface area contributed by atoms with Crippen LogP contribution in [0.25, 0.3) is 0 Å². The van der Waals surface area contributed by atoms with Gasteiger partial charge in [0.25, 0.3) is 0 Å². The van der Waals surface area contributed by atoms with Crippen LogP contribution in [0.1, 0.15) is 24.8 Å². The van der Waals surface area contributed by atoms with Gasteiger partial charge < -0.3 is 10.2 Å². The molecule has 0 saturated heterocycles. The molecule has 86 valence electrons. The van der Waals surface area contributed by atoms with E-state index in [-0.39, 0.29) is 0 Å². The Morgan fingerprint density at radius 3 is 2.50 bits per heavy atom. The van der Waals surface area contributed by atoms with E-state index >= 15 is 0 Å². The molecule has 3 nitrogen and oxygen atoms in total. The second kappa shape index (κ2) is 4.18. The van der Waals surface area contributed by atoms with E-state index in [9.17, 15) is 9.90 Å². The van der Waals surface area contributed by atoms with Gasteiger partial charge in [-0.15, -0.1) is 0 Å². The summed E-state index contributed by atoms with van der Waals surface area (Å²) in [5.74, 6) is -1.23. The molecule has 1 fully saturated rings. The number of carbonyl (C=O) groups is 1. The summed E-state index contributed by atoms with van der Waals surface area (Å²) in [7, 11) is 0. The maximum absolute atomic E-state index is 10.9. The fourth-order valence-electron chi connectivity index (χ4n) is 2.26. The molecular formula is C12H13BrO3. The molecule has 0 aromatic heterocycles. The van der Waals surface area contributed by atoms with Crippen LogP contribution in [0.5, 0.6) is 0 Å². The van der Waals surface area contributed by atoms with Crippen LogP contribution >= 0.6 is 15.9 Å². The van der Waals surface area contributed by atoms with Crippen molar-refractivity contribution in [3.8, 4) is 0 Å². The molecule has 1 saturated carbocycles. The molecule has 0 amide bonds. The summed E-state index contributed by atoms with van der Waals surface area (Å²) in [5, 5.41) is 19.3. The molecule has 2 atom stereocenters. The molecule has 0 heterocycles. The molecule has 1 aliphatic rings. The summed E-state index contributed by atoms with van der Waals surface area (Å²) >= 11 is 3.33. The lowest BCUT2D eigenvalue weighted by Gasteiger charge is -2.23. The zero-order valence-electron chi connectivity index (χ0n) is 8.69. The van der Waals surface area contributed by atoms with Crippen molar-refractivity contribution >= 4 is 21.9 Å². The topological polar surface area (TPSA) is 57.5 Å². The summed E-state index contributed by atoms with van der Waals surface area (Å²) in [4.78, 5) is 10.9. The molecule has 1 aromatic rings. The van der Waals surface area contributed by atoms with Gasteiger partial charge in [0.15, 0.2) is 0 Å². The molecule has 0 spiro atoms. The zero-order valence-corrected chi connectivity index (χ0v) is 10.3. The molecule has 4 heteroatoms. The fraction of sp³-hybridized carbons (Fsp3) is 0.417. The minimum atomic E-state index is -0.968. The average Bonchev–Trinajstić information content (AvgIpc) is 2.63. The minimum Gasteiger partial charge on any atom is -0.481 e. The van der Waals surface area contributed by atoms with Crippen molar-refractivity contribution in [1.82, 2.24) is 0 Å². The number of hydrogen-bond acceptors (Lipinski definition) is 2. The highest BCUT2D eigenvalue weighted by Crippen LogP contribution is 2.42. The van der Waals surface area contributed by atoms with Gasteiger partial charge in [0.1, 0.15) is 0 Å². The number of halogens is 1. The second-order valence-electron chi connectivity index (χ2n) is 4.32. The Bertz CT molecular complexity index is 401. The van der Waals surface area contributed by atoms with Gasteiger partial charge in [-0.2, -0.15) is 0 Å². The lowest BCUT2D eigenvalue weighted by molar-refractivity contribution is -0.142. The number of benzene rings is 1. The predicted molar refractivity (Wildman–Crippen MR) is 63.0 cm³/mol. The van der Waals surface area contributed by atoms with Crippen LogP contribution < -0.4 is 0 Å². The average molecular weight is 285 g/mol. The molecule has 1 aliphatic carbocycles. The monoisotopic (exact) mass is 284 g/mol. The highest BCUT2D eigenvalue weighted by atomic mass is 79.9.